The van der Waals surface area contributed by atoms with Crippen molar-refractivity contribution >= 4 is 0 Å². The molecule has 0 radical (unpaired) electrons. The summed E-state index contributed by atoms with van der Waals surface area (Å²) < 4.78 is 6.02. The van der Waals surface area contributed by atoms with E-state index in [0.29, 0.717) is 17.6 Å². The van der Waals surface area contributed by atoms with Crippen LogP contribution in [0.2, 0.25) is 0 Å². The Bertz CT molecular complexity index is 468. The second-order valence-electron chi connectivity index (χ2n) is 6.71. The van der Waals surface area contributed by atoms with Crippen LogP contribution in [0, 0.1) is 12.3 Å². The summed E-state index contributed by atoms with van der Waals surface area (Å²) in [7, 11) is 0. The summed E-state index contributed by atoms with van der Waals surface area (Å²) in [5.41, 5.74) is 3.06. The molecule has 2 unspecified atom stereocenters. The van der Waals surface area contributed by atoms with Crippen LogP contribution in [0.25, 0.3) is 0 Å². The first-order valence-corrected chi connectivity index (χ1v) is 8.51. The van der Waals surface area contributed by atoms with Crippen LogP contribution in [-0.2, 0) is 11.3 Å². The van der Waals surface area contributed by atoms with Gasteiger partial charge in [0.1, 0.15) is 0 Å². The summed E-state index contributed by atoms with van der Waals surface area (Å²) >= 11 is 0. The molecule has 2 aliphatic carbocycles. The Morgan fingerprint density at radius 3 is 2.86 bits per heavy atom. The number of aromatic nitrogens is 1. The van der Waals surface area contributed by atoms with Crippen molar-refractivity contribution in [3.05, 3.63) is 29.6 Å². The zero-order valence-corrected chi connectivity index (χ0v) is 13.4. The minimum Gasteiger partial charge on any atom is -0.378 e. The minimum atomic E-state index is 0.407. The molecule has 2 fully saturated rings. The van der Waals surface area contributed by atoms with E-state index in [9.17, 15) is 0 Å². The van der Waals surface area contributed by atoms with Crippen LogP contribution in [0.15, 0.2) is 18.5 Å². The lowest BCUT2D eigenvalue weighted by Gasteiger charge is -2.58. The predicted molar refractivity (Wildman–Crippen MR) is 85.2 cm³/mol. The number of nitrogens with one attached hydrogen (secondary N) is 1. The third-order valence-corrected chi connectivity index (χ3v) is 5.62. The van der Waals surface area contributed by atoms with E-state index in [2.05, 4.69) is 30.2 Å². The molecule has 0 amide bonds. The highest BCUT2D eigenvalue weighted by Crippen LogP contribution is 2.53. The number of ether oxygens (including phenoxy) is 1. The van der Waals surface area contributed by atoms with Crippen molar-refractivity contribution in [2.45, 2.75) is 71.1 Å². The van der Waals surface area contributed by atoms with Gasteiger partial charge in [0, 0.05) is 37.0 Å². The first kappa shape index (κ1) is 15.0. The summed E-state index contributed by atoms with van der Waals surface area (Å²) in [5, 5.41) is 3.81. The highest BCUT2D eigenvalue weighted by molar-refractivity contribution is 5.21. The fourth-order valence-electron chi connectivity index (χ4n) is 4.26. The molecule has 1 aromatic rings. The Morgan fingerprint density at radius 1 is 1.33 bits per heavy atom. The van der Waals surface area contributed by atoms with Gasteiger partial charge in [0.05, 0.1) is 6.10 Å². The lowest BCUT2D eigenvalue weighted by molar-refractivity contribution is -0.150. The van der Waals surface area contributed by atoms with Crippen LogP contribution in [-0.4, -0.2) is 23.7 Å². The van der Waals surface area contributed by atoms with E-state index < -0.39 is 0 Å². The molecule has 21 heavy (non-hydrogen) atoms. The molecule has 116 valence electrons. The van der Waals surface area contributed by atoms with Gasteiger partial charge in [-0.3, -0.25) is 4.98 Å². The SMILES string of the molecule is CCOC1CC(NCc2cnccc2C)C12CCCCC2. The molecule has 1 spiro atoms. The van der Waals surface area contributed by atoms with Gasteiger partial charge in [0.25, 0.3) is 0 Å². The Kier molecular flexibility index (Phi) is 4.60. The molecular weight excluding hydrogens is 260 g/mol. The van der Waals surface area contributed by atoms with Crippen LogP contribution in [0.3, 0.4) is 0 Å². The standard InChI is InChI=1S/C18H28N2O/c1-3-21-17-11-16(18(17)8-5-4-6-9-18)20-13-15-12-19-10-7-14(15)2/h7,10,12,16-17,20H,3-6,8-9,11,13H2,1-2H3. The number of rotatable bonds is 5. The first-order valence-electron chi connectivity index (χ1n) is 8.51. The Hall–Kier alpha value is -0.930. The van der Waals surface area contributed by atoms with Crippen LogP contribution in [0.1, 0.15) is 56.6 Å². The fourth-order valence-corrected chi connectivity index (χ4v) is 4.26. The zero-order chi connectivity index (χ0) is 14.7. The second-order valence-corrected chi connectivity index (χ2v) is 6.71. The predicted octanol–water partition coefficient (Wildman–Crippen LogP) is 3.61. The molecule has 3 rings (SSSR count). The number of aryl methyl sites for hydroxylation is 1. The summed E-state index contributed by atoms with van der Waals surface area (Å²) in [6, 6.07) is 2.71. The van der Waals surface area contributed by atoms with Crippen molar-refractivity contribution in [1.29, 1.82) is 0 Å². The number of pyridine rings is 1. The fraction of sp³-hybridized carbons (Fsp3) is 0.722. The Labute approximate surface area is 128 Å². The number of hydrogen-bond donors (Lipinski definition) is 1. The highest BCUT2D eigenvalue weighted by atomic mass is 16.5. The molecule has 0 aromatic carbocycles. The minimum absolute atomic E-state index is 0.407. The van der Waals surface area contributed by atoms with Crippen LogP contribution >= 0.6 is 0 Å². The maximum Gasteiger partial charge on any atom is 0.0661 e. The lowest BCUT2D eigenvalue weighted by Crippen LogP contribution is -2.64. The largest absolute Gasteiger partial charge is 0.378 e. The van der Waals surface area contributed by atoms with Crippen molar-refractivity contribution in [1.82, 2.24) is 10.3 Å². The van der Waals surface area contributed by atoms with Gasteiger partial charge in [-0.2, -0.15) is 0 Å². The van der Waals surface area contributed by atoms with Crippen LogP contribution < -0.4 is 5.32 Å². The molecule has 2 atom stereocenters. The van der Waals surface area contributed by atoms with Gasteiger partial charge in [-0.15, -0.1) is 0 Å². The molecule has 1 aromatic heterocycles. The van der Waals surface area contributed by atoms with Crippen molar-refractivity contribution in [2.24, 2.45) is 5.41 Å². The highest BCUT2D eigenvalue weighted by Gasteiger charge is 2.55. The van der Waals surface area contributed by atoms with E-state index in [1.54, 1.807) is 0 Å². The van der Waals surface area contributed by atoms with E-state index in [0.717, 1.165) is 13.2 Å². The van der Waals surface area contributed by atoms with Gasteiger partial charge in [-0.25, -0.2) is 0 Å². The van der Waals surface area contributed by atoms with E-state index >= 15 is 0 Å². The monoisotopic (exact) mass is 288 g/mol. The average Bonchev–Trinajstić information content (AvgIpc) is 2.52. The molecule has 2 saturated carbocycles. The Balaban J connectivity index is 1.64. The summed E-state index contributed by atoms with van der Waals surface area (Å²) in [4.78, 5) is 4.25. The van der Waals surface area contributed by atoms with Crippen molar-refractivity contribution in [3.8, 4) is 0 Å². The molecule has 0 bridgehead atoms. The van der Waals surface area contributed by atoms with E-state index in [4.69, 9.17) is 4.74 Å². The molecule has 0 aliphatic heterocycles. The van der Waals surface area contributed by atoms with Gasteiger partial charge in [0.15, 0.2) is 0 Å². The van der Waals surface area contributed by atoms with E-state index in [1.807, 2.05) is 12.4 Å². The van der Waals surface area contributed by atoms with Gasteiger partial charge >= 0.3 is 0 Å². The van der Waals surface area contributed by atoms with E-state index in [1.165, 1.54) is 49.7 Å². The van der Waals surface area contributed by atoms with Crippen molar-refractivity contribution < 1.29 is 4.74 Å². The summed E-state index contributed by atoms with van der Waals surface area (Å²) in [6.07, 6.45) is 12.3. The third kappa shape index (κ3) is 2.86. The summed E-state index contributed by atoms with van der Waals surface area (Å²) in [5.74, 6) is 0. The van der Waals surface area contributed by atoms with Crippen LogP contribution in [0.4, 0.5) is 0 Å². The lowest BCUT2D eigenvalue weighted by atomic mass is 9.55. The maximum atomic E-state index is 6.02. The zero-order valence-electron chi connectivity index (χ0n) is 13.4. The quantitative estimate of drug-likeness (QED) is 0.899. The van der Waals surface area contributed by atoms with Crippen molar-refractivity contribution in [3.63, 3.8) is 0 Å². The smallest absolute Gasteiger partial charge is 0.0661 e. The van der Waals surface area contributed by atoms with Gasteiger partial charge in [0.2, 0.25) is 0 Å². The van der Waals surface area contributed by atoms with E-state index in [-0.39, 0.29) is 0 Å². The molecule has 2 aliphatic rings. The maximum absolute atomic E-state index is 6.02. The molecule has 3 heteroatoms. The van der Waals surface area contributed by atoms with Gasteiger partial charge < -0.3 is 10.1 Å². The number of hydrogen-bond acceptors (Lipinski definition) is 3. The molecule has 3 nitrogen and oxygen atoms in total. The summed E-state index contributed by atoms with van der Waals surface area (Å²) in [6.45, 7) is 6.07. The average molecular weight is 288 g/mol. The second kappa shape index (κ2) is 6.45. The molecular formula is C18H28N2O. The van der Waals surface area contributed by atoms with Crippen LogP contribution in [0.5, 0.6) is 0 Å². The van der Waals surface area contributed by atoms with Gasteiger partial charge in [-0.1, -0.05) is 19.3 Å². The van der Waals surface area contributed by atoms with Gasteiger partial charge in [-0.05, 0) is 50.3 Å². The third-order valence-electron chi connectivity index (χ3n) is 5.62. The molecule has 1 N–H and O–H groups in total. The number of nitrogens with zero attached hydrogens (tertiary/aromatic N) is 1. The first-order chi connectivity index (χ1) is 10.3. The topological polar surface area (TPSA) is 34.1 Å². The normalized spacial score (nSPS) is 27.5. The Morgan fingerprint density at radius 2 is 2.14 bits per heavy atom. The van der Waals surface area contributed by atoms with Crippen molar-refractivity contribution in [2.75, 3.05) is 6.61 Å². The molecule has 1 heterocycles. The molecule has 0 saturated heterocycles.